The Bertz CT molecular complexity index is 871. The minimum absolute atomic E-state index is 0.0776. The third kappa shape index (κ3) is 7.49. The van der Waals surface area contributed by atoms with E-state index in [-0.39, 0.29) is 35.2 Å². The van der Waals surface area contributed by atoms with Gasteiger partial charge in [-0.15, -0.1) is 0 Å². The van der Waals surface area contributed by atoms with E-state index in [9.17, 15) is 9.59 Å². The summed E-state index contributed by atoms with van der Waals surface area (Å²) in [5.41, 5.74) is 0.894. The van der Waals surface area contributed by atoms with E-state index in [1.54, 1.807) is 24.3 Å². The zero-order valence-corrected chi connectivity index (χ0v) is 20.1. The normalized spacial score (nSPS) is 12.6. The molecule has 0 amide bonds. The van der Waals surface area contributed by atoms with Crippen LogP contribution in [-0.2, 0) is 20.8 Å². The summed E-state index contributed by atoms with van der Waals surface area (Å²) >= 11 is 0. The summed E-state index contributed by atoms with van der Waals surface area (Å²) in [6.45, 7) is 13.6. The molecule has 0 bridgehead atoms. The van der Waals surface area contributed by atoms with Crippen LogP contribution in [-0.4, -0.2) is 31.3 Å². The molecule has 0 N–H and O–H groups in total. The quantitative estimate of drug-likeness (QED) is 0.406. The number of benzene rings is 2. The Morgan fingerprint density at radius 1 is 0.844 bits per heavy atom. The van der Waals surface area contributed by atoms with E-state index in [1.807, 2.05) is 58.0 Å². The maximum Gasteiger partial charge on any atom is 0.339 e. The van der Waals surface area contributed by atoms with Gasteiger partial charge in [0.25, 0.3) is 0 Å². The van der Waals surface area contributed by atoms with Gasteiger partial charge in [0.2, 0.25) is 0 Å². The number of carbonyl (C=O) groups excluding carboxylic acids is 2. The molecule has 32 heavy (non-hydrogen) atoms. The molecule has 0 saturated carbocycles. The predicted octanol–water partition coefficient (Wildman–Crippen LogP) is 5.92. The van der Waals surface area contributed by atoms with E-state index < -0.39 is 11.9 Å². The van der Waals surface area contributed by atoms with Gasteiger partial charge in [0, 0.05) is 12.0 Å². The molecular weight excluding hydrogens is 404 g/mol. The van der Waals surface area contributed by atoms with Crippen LogP contribution in [0, 0.1) is 17.3 Å². The molecule has 0 aliphatic heterocycles. The van der Waals surface area contributed by atoms with E-state index in [0.29, 0.717) is 19.1 Å². The van der Waals surface area contributed by atoms with Crippen LogP contribution in [0.5, 0.6) is 0 Å². The Morgan fingerprint density at radius 2 is 1.41 bits per heavy atom. The number of rotatable bonds is 11. The highest BCUT2D eigenvalue weighted by Gasteiger charge is 2.36. The van der Waals surface area contributed by atoms with Crippen molar-refractivity contribution in [2.24, 2.45) is 17.3 Å². The van der Waals surface area contributed by atoms with Crippen LogP contribution in [0.3, 0.4) is 0 Å². The molecule has 5 heteroatoms. The molecule has 0 aromatic heterocycles. The summed E-state index contributed by atoms with van der Waals surface area (Å²) in [5.74, 6) is -0.580. The third-order valence-corrected chi connectivity index (χ3v) is 5.11. The van der Waals surface area contributed by atoms with Crippen LogP contribution >= 0.6 is 0 Å². The zero-order valence-electron chi connectivity index (χ0n) is 20.1. The minimum Gasteiger partial charge on any atom is -0.458 e. The number of carbonyl (C=O) groups is 2. The first-order valence-electron chi connectivity index (χ1n) is 11.2. The van der Waals surface area contributed by atoms with Crippen molar-refractivity contribution in [3.63, 3.8) is 0 Å². The van der Waals surface area contributed by atoms with Crippen molar-refractivity contribution < 1.29 is 23.8 Å². The maximum absolute atomic E-state index is 13.1. The average molecular weight is 441 g/mol. The first-order chi connectivity index (χ1) is 15.1. The number of hydrogen-bond donors (Lipinski definition) is 0. The van der Waals surface area contributed by atoms with Crippen molar-refractivity contribution in [2.75, 3.05) is 13.2 Å². The Hall–Kier alpha value is -2.66. The van der Waals surface area contributed by atoms with Gasteiger partial charge in [0.05, 0.1) is 17.7 Å². The smallest absolute Gasteiger partial charge is 0.339 e. The van der Waals surface area contributed by atoms with Crippen molar-refractivity contribution in [1.29, 1.82) is 0 Å². The summed E-state index contributed by atoms with van der Waals surface area (Å²) in [6, 6.07) is 16.0. The molecule has 1 atom stereocenters. The summed E-state index contributed by atoms with van der Waals surface area (Å²) in [6.07, 6.45) is -0.379. The van der Waals surface area contributed by atoms with E-state index in [0.717, 1.165) is 5.56 Å². The molecule has 2 aromatic rings. The lowest BCUT2D eigenvalue weighted by Crippen LogP contribution is -2.41. The summed E-state index contributed by atoms with van der Waals surface area (Å²) < 4.78 is 17.2. The lowest BCUT2D eigenvalue weighted by molar-refractivity contribution is -0.0648. The first kappa shape index (κ1) is 25.6. The summed E-state index contributed by atoms with van der Waals surface area (Å²) in [5, 5.41) is 0. The van der Waals surface area contributed by atoms with Gasteiger partial charge in [-0.1, -0.05) is 84.0 Å². The molecule has 2 aromatic carbocycles. The molecule has 0 radical (unpaired) electrons. The van der Waals surface area contributed by atoms with Gasteiger partial charge < -0.3 is 14.2 Å². The van der Waals surface area contributed by atoms with Crippen molar-refractivity contribution in [1.82, 2.24) is 0 Å². The van der Waals surface area contributed by atoms with E-state index in [2.05, 4.69) is 13.8 Å². The maximum atomic E-state index is 13.1. The molecule has 0 aliphatic rings. The van der Waals surface area contributed by atoms with Crippen LogP contribution in [0.1, 0.15) is 67.8 Å². The molecule has 0 spiro atoms. The molecule has 0 saturated heterocycles. The zero-order chi connectivity index (χ0) is 23.7. The predicted molar refractivity (Wildman–Crippen MR) is 125 cm³/mol. The first-order valence-corrected chi connectivity index (χ1v) is 11.2. The van der Waals surface area contributed by atoms with Crippen molar-refractivity contribution in [2.45, 2.75) is 54.3 Å². The van der Waals surface area contributed by atoms with Gasteiger partial charge >= 0.3 is 11.9 Å². The standard InChI is InChI=1S/C27H36O5/c1-19(2)16-30-18-27(5,6)24(20(3)4)32-26(29)23-15-11-10-14-22(23)25(28)31-17-21-12-8-7-9-13-21/h7-15,19-20,24H,16-18H2,1-6H3. The SMILES string of the molecule is CC(C)COCC(C)(C)C(OC(=O)c1ccccc1C(=O)OCc1ccccc1)C(C)C. The summed E-state index contributed by atoms with van der Waals surface area (Å²) in [4.78, 5) is 25.8. The molecule has 0 aliphatic carbocycles. The molecule has 1 unspecified atom stereocenters. The van der Waals surface area contributed by atoms with Gasteiger partial charge in [-0.05, 0) is 29.5 Å². The highest BCUT2D eigenvalue weighted by Crippen LogP contribution is 2.31. The third-order valence-electron chi connectivity index (χ3n) is 5.11. The second-order valence-corrected chi connectivity index (χ2v) is 9.57. The largest absolute Gasteiger partial charge is 0.458 e. The van der Waals surface area contributed by atoms with Crippen LogP contribution < -0.4 is 0 Å². The Balaban J connectivity index is 2.13. The number of hydrogen-bond acceptors (Lipinski definition) is 5. The van der Waals surface area contributed by atoms with Gasteiger partial charge in [-0.3, -0.25) is 0 Å². The lowest BCUT2D eigenvalue weighted by Gasteiger charge is -2.36. The van der Waals surface area contributed by atoms with Gasteiger partial charge in [0.1, 0.15) is 12.7 Å². The van der Waals surface area contributed by atoms with Crippen molar-refractivity contribution in [3.05, 3.63) is 71.3 Å². The average Bonchev–Trinajstić information content (AvgIpc) is 2.75. The fourth-order valence-electron chi connectivity index (χ4n) is 3.66. The van der Waals surface area contributed by atoms with Gasteiger partial charge in [0.15, 0.2) is 0 Å². The molecule has 0 heterocycles. The van der Waals surface area contributed by atoms with Crippen LogP contribution in [0.15, 0.2) is 54.6 Å². The number of ether oxygens (including phenoxy) is 3. The fraction of sp³-hybridized carbons (Fsp3) is 0.481. The van der Waals surface area contributed by atoms with Crippen LogP contribution in [0.2, 0.25) is 0 Å². The van der Waals surface area contributed by atoms with Crippen LogP contribution in [0.25, 0.3) is 0 Å². The molecular formula is C27H36O5. The Labute approximate surface area is 192 Å². The second kappa shape index (κ2) is 11.8. The van der Waals surface area contributed by atoms with E-state index in [1.165, 1.54) is 0 Å². The molecule has 2 rings (SSSR count). The molecule has 5 nitrogen and oxygen atoms in total. The molecule has 174 valence electrons. The van der Waals surface area contributed by atoms with Crippen molar-refractivity contribution in [3.8, 4) is 0 Å². The Kier molecular flexibility index (Phi) is 9.45. The topological polar surface area (TPSA) is 61.8 Å². The second-order valence-electron chi connectivity index (χ2n) is 9.57. The monoisotopic (exact) mass is 440 g/mol. The van der Waals surface area contributed by atoms with Gasteiger partial charge in [-0.2, -0.15) is 0 Å². The minimum atomic E-state index is -0.554. The van der Waals surface area contributed by atoms with E-state index >= 15 is 0 Å². The Morgan fingerprint density at radius 3 is 1.97 bits per heavy atom. The fourth-order valence-corrected chi connectivity index (χ4v) is 3.66. The number of esters is 2. The summed E-state index contributed by atoms with van der Waals surface area (Å²) in [7, 11) is 0. The van der Waals surface area contributed by atoms with E-state index in [4.69, 9.17) is 14.2 Å². The van der Waals surface area contributed by atoms with Gasteiger partial charge in [-0.25, -0.2) is 9.59 Å². The lowest BCUT2D eigenvalue weighted by atomic mass is 9.81. The highest BCUT2D eigenvalue weighted by atomic mass is 16.6. The highest BCUT2D eigenvalue weighted by molar-refractivity contribution is 6.03. The van der Waals surface area contributed by atoms with Crippen molar-refractivity contribution >= 4 is 11.9 Å². The molecule has 0 fully saturated rings. The van der Waals surface area contributed by atoms with Crippen LogP contribution in [0.4, 0.5) is 0 Å².